The van der Waals surface area contributed by atoms with E-state index in [1.165, 1.54) is 0 Å². The second kappa shape index (κ2) is 15.1. The third-order valence-corrected chi connectivity index (χ3v) is 11.2. The molecule has 0 radical (unpaired) electrons. The standard InChI is InChI=1S/C16F24N2S8/c17-9(18,19)43-1-2(44-10(20,21)22)6(48-14(32,33)34)41(5(1)47-13(29,30)31)42-7(49-15(35,36)37)3(45-11(23,24)25)4(46-12(26,27)28)8(42)50-16(38,39)40. The van der Waals surface area contributed by atoms with Gasteiger partial charge in [-0.25, -0.2) is 9.35 Å². The normalized spacial score (nSPS) is 14.6. The lowest BCUT2D eigenvalue weighted by Crippen LogP contribution is -2.20. The number of rotatable bonds is 9. The smallest absolute Gasteiger partial charge is 0.232 e. The average molecular weight is 933 g/mol. The van der Waals surface area contributed by atoms with Crippen molar-refractivity contribution in [2.75, 3.05) is 0 Å². The van der Waals surface area contributed by atoms with Crippen LogP contribution >= 0.6 is 94.1 Å². The third-order valence-electron chi connectivity index (χ3n) is 3.88. The lowest BCUT2D eigenvalue weighted by molar-refractivity contribution is -0.0356. The Hall–Kier alpha value is -0.320. The first-order chi connectivity index (χ1) is 21.8. The molecule has 2 aromatic rings. The summed E-state index contributed by atoms with van der Waals surface area (Å²) in [6.45, 7) is 0. The van der Waals surface area contributed by atoms with Crippen LogP contribution in [0.4, 0.5) is 105 Å². The van der Waals surface area contributed by atoms with Crippen molar-refractivity contribution in [3.8, 4) is 0 Å². The minimum absolute atomic E-state index is 1.47. The van der Waals surface area contributed by atoms with Crippen LogP contribution in [0.2, 0.25) is 0 Å². The number of thioether (sulfide) groups is 8. The summed E-state index contributed by atoms with van der Waals surface area (Å²) in [4.78, 5) is -10.6. The van der Waals surface area contributed by atoms with Crippen LogP contribution in [0.25, 0.3) is 0 Å². The maximum Gasteiger partial charge on any atom is 0.447 e. The summed E-state index contributed by atoms with van der Waals surface area (Å²) in [5.74, 6) is 0. The van der Waals surface area contributed by atoms with Gasteiger partial charge in [0.15, 0.2) is 0 Å². The van der Waals surface area contributed by atoms with Crippen LogP contribution in [-0.4, -0.2) is 53.4 Å². The molecule has 0 saturated carbocycles. The molecule has 50 heavy (non-hydrogen) atoms. The van der Waals surface area contributed by atoms with E-state index < -0.39 is 187 Å². The van der Waals surface area contributed by atoms with Crippen molar-refractivity contribution in [1.29, 1.82) is 0 Å². The van der Waals surface area contributed by atoms with Gasteiger partial charge < -0.3 is 0 Å². The van der Waals surface area contributed by atoms with Gasteiger partial charge >= 0.3 is 44.1 Å². The molecule has 2 heterocycles. The van der Waals surface area contributed by atoms with Gasteiger partial charge in [0, 0.05) is 47.0 Å². The van der Waals surface area contributed by atoms with Crippen molar-refractivity contribution in [3.63, 3.8) is 0 Å². The molecule has 2 nitrogen and oxygen atoms in total. The fourth-order valence-electron chi connectivity index (χ4n) is 2.94. The molecule has 0 atom stereocenters. The number of hydrogen-bond donors (Lipinski definition) is 0. The van der Waals surface area contributed by atoms with Crippen LogP contribution in [0.3, 0.4) is 0 Å². The summed E-state index contributed by atoms with van der Waals surface area (Å²) >= 11 is -17.3. The molecule has 34 heteroatoms. The molecule has 0 fully saturated rings. The average Bonchev–Trinajstić information content (AvgIpc) is 3.12. The molecule has 0 bridgehead atoms. The van der Waals surface area contributed by atoms with Gasteiger partial charge in [0.1, 0.15) is 20.1 Å². The second-order valence-electron chi connectivity index (χ2n) is 7.54. The van der Waals surface area contributed by atoms with Crippen molar-refractivity contribution in [3.05, 3.63) is 0 Å². The minimum Gasteiger partial charge on any atom is -0.232 e. The molecule has 0 aliphatic carbocycles. The van der Waals surface area contributed by atoms with Crippen molar-refractivity contribution in [2.45, 2.75) is 83.8 Å². The van der Waals surface area contributed by atoms with E-state index in [1.54, 1.807) is 0 Å². The fraction of sp³-hybridized carbons (Fsp3) is 0.500. The van der Waals surface area contributed by atoms with Gasteiger partial charge in [-0.1, -0.05) is 0 Å². The summed E-state index contributed by atoms with van der Waals surface area (Å²) in [6, 6.07) is 0. The number of aromatic nitrogens is 2. The van der Waals surface area contributed by atoms with Crippen LogP contribution in [0.1, 0.15) is 0 Å². The third kappa shape index (κ3) is 14.8. The predicted octanol–water partition coefficient (Wildman–Crippen LogP) is 14.5. The predicted molar refractivity (Wildman–Crippen MR) is 135 cm³/mol. The largest absolute Gasteiger partial charge is 0.447 e. The van der Waals surface area contributed by atoms with Crippen LogP contribution < -0.4 is 0 Å². The first kappa shape index (κ1) is 45.8. The van der Waals surface area contributed by atoms with E-state index in [0.29, 0.717) is 0 Å². The van der Waals surface area contributed by atoms with Gasteiger partial charge in [0.2, 0.25) is 0 Å². The molecule has 0 aliphatic heterocycles. The fourth-order valence-corrected chi connectivity index (χ4v) is 9.89. The van der Waals surface area contributed by atoms with Crippen LogP contribution in [0.5, 0.6) is 0 Å². The Kier molecular flexibility index (Phi) is 13.8. The lowest BCUT2D eigenvalue weighted by Gasteiger charge is -2.22. The molecule has 290 valence electrons. The Morgan fingerprint density at radius 2 is 0.340 bits per heavy atom. The Morgan fingerprint density at radius 3 is 0.440 bits per heavy atom. The van der Waals surface area contributed by atoms with Gasteiger partial charge in [0.05, 0.1) is 19.6 Å². The highest BCUT2D eigenvalue weighted by atomic mass is 32.2. The Balaban J connectivity index is 3.61. The van der Waals surface area contributed by atoms with Gasteiger partial charge in [-0.15, -0.1) is 0 Å². The van der Waals surface area contributed by atoms with Gasteiger partial charge in [0.25, 0.3) is 0 Å². The van der Waals surface area contributed by atoms with Crippen molar-refractivity contribution in [2.24, 2.45) is 0 Å². The summed E-state index contributed by atoms with van der Waals surface area (Å²) in [7, 11) is 0. The molecular formula is C16F24N2S8. The van der Waals surface area contributed by atoms with Gasteiger partial charge in [-0.2, -0.15) is 105 Å². The zero-order chi connectivity index (χ0) is 39.4. The summed E-state index contributed by atoms with van der Waals surface area (Å²) < 4.78 is 323. The molecule has 0 N–H and O–H groups in total. The molecule has 2 aromatic heterocycles. The van der Waals surface area contributed by atoms with E-state index in [-0.39, 0.29) is 0 Å². The van der Waals surface area contributed by atoms with E-state index in [4.69, 9.17) is 0 Å². The second-order valence-corrected chi connectivity index (χ2v) is 16.1. The molecule has 0 spiro atoms. The summed E-state index contributed by atoms with van der Waals surface area (Å²) in [5.41, 5.74) is -49.4. The molecule has 0 amide bonds. The highest BCUT2D eigenvalue weighted by molar-refractivity contribution is 8.06. The Bertz CT molecular complexity index is 1280. The van der Waals surface area contributed by atoms with Crippen molar-refractivity contribution in [1.82, 2.24) is 9.35 Å². The van der Waals surface area contributed by atoms with Crippen LogP contribution in [0.15, 0.2) is 39.7 Å². The van der Waals surface area contributed by atoms with Crippen molar-refractivity contribution >= 4 is 94.1 Å². The number of hydrogen-bond acceptors (Lipinski definition) is 8. The number of halogens is 24. The van der Waals surface area contributed by atoms with E-state index in [0.717, 1.165) is 0 Å². The Labute approximate surface area is 291 Å². The maximum absolute atomic E-state index is 13.7. The zero-order valence-corrected chi connectivity index (χ0v) is 27.8. The molecule has 2 rings (SSSR count). The van der Waals surface area contributed by atoms with Crippen LogP contribution in [0, 0.1) is 0 Å². The van der Waals surface area contributed by atoms with E-state index >= 15 is 0 Å². The first-order valence-electron chi connectivity index (χ1n) is 10.4. The van der Waals surface area contributed by atoms with E-state index in [1.807, 2.05) is 0 Å². The lowest BCUT2D eigenvalue weighted by atomic mass is 10.6. The van der Waals surface area contributed by atoms with E-state index in [2.05, 4.69) is 0 Å². The quantitative estimate of drug-likeness (QED) is 0.179. The summed E-state index contributed by atoms with van der Waals surface area (Å²) in [6.07, 6.45) is 0. The monoisotopic (exact) mass is 932 g/mol. The number of alkyl halides is 24. The van der Waals surface area contributed by atoms with Crippen molar-refractivity contribution < 1.29 is 105 Å². The van der Waals surface area contributed by atoms with Gasteiger partial charge in [-0.05, 0) is 47.0 Å². The molecule has 0 unspecified atom stereocenters. The molecule has 0 saturated heterocycles. The number of nitrogens with zero attached hydrogens (tertiary/aromatic N) is 2. The minimum atomic E-state index is -6.23. The highest BCUT2D eigenvalue weighted by Gasteiger charge is 2.50. The maximum atomic E-state index is 13.7. The highest BCUT2D eigenvalue weighted by Crippen LogP contribution is 2.62. The first-order valence-corrected chi connectivity index (χ1v) is 16.9. The molecular weight excluding hydrogens is 933 g/mol. The summed E-state index contributed by atoms with van der Waals surface area (Å²) in [5, 5.41) is -11.1. The Morgan fingerprint density at radius 1 is 0.220 bits per heavy atom. The van der Waals surface area contributed by atoms with Gasteiger partial charge in [-0.3, -0.25) is 0 Å². The molecule has 0 aliphatic rings. The SMILES string of the molecule is FC(F)(F)Sc1c(SC(F)(F)F)c(SC(F)(F)F)n(-n2c(SC(F)(F)F)c(SC(F)(F)F)c(SC(F)(F)F)c2SC(F)(F)F)c1SC(F)(F)F. The zero-order valence-electron chi connectivity index (χ0n) is 21.2. The topological polar surface area (TPSA) is 9.86 Å². The van der Waals surface area contributed by atoms with Crippen LogP contribution in [-0.2, 0) is 0 Å². The van der Waals surface area contributed by atoms with E-state index in [9.17, 15) is 105 Å². The molecule has 0 aromatic carbocycles.